The maximum absolute atomic E-state index is 10.2. The van der Waals surface area contributed by atoms with E-state index in [0.717, 1.165) is 5.56 Å². The lowest BCUT2D eigenvalue weighted by Crippen LogP contribution is -2.31. The first-order valence-corrected chi connectivity index (χ1v) is 8.82. The third-order valence-corrected chi connectivity index (χ3v) is 5.05. The Hall–Kier alpha value is -2.59. The molecule has 3 aromatic rings. The van der Waals surface area contributed by atoms with Gasteiger partial charge in [-0.2, -0.15) is 0 Å². The Labute approximate surface area is 155 Å². The number of aromatic nitrogens is 4. The van der Waals surface area contributed by atoms with E-state index in [4.69, 9.17) is 5.73 Å². The number of rotatable bonds is 5. The first-order valence-electron chi connectivity index (χ1n) is 8.82. The Bertz CT molecular complexity index is 918. The standard InChI is InChI=1S/C18H22N6O3/c19-11(10-4-2-1-3-5-10)7-20-17-14-18(22-8-21-17)24(9-23-14)12-6-13(25)16(27)15(12)26/h1-5,8-9,11-13,15-16,25-27H,6-7,19H2,(H,20,21,22)/t11?,12-,13+,15+,16-/m1/s1. The van der Waals surface area contributed by atoms with Crippen LogP contribution in [0, 0.1) is 0 Å². The Morgan fingerprint density at radius 1 is 1.11 bits per heavy atom. The summed E-state index contributed by atoms with van der Waals surface area (Å²) < 4.78 is 1.67. The molecule has 9 nitrogen and oxygen atoms in total. The van der Waals surface area contributed by atoms with Crippen molar-refractivity contribution in [2.24, 2.45) is 5.73 Å². The van der Waals surface area contributed by atoms with Crippen LogP contribution in [0.4, 0.5) is 5.82 Å². The van der Waals surface area contributed by atoms with Crippen molar-refractivity contribution in [3.8, 4) is 0 Å². The maximum atomic E-state index is 10.2. The van der Waals surface area contributed by atoms with Gasteiger partial charge in [-0.05, 0) is 12.0 Å². The number of hydrogen-bond acceptors (Lipinski definition) is 8. The largest absolute Gasteiger partial charge is 0.390 e. The van der Waals surface area contributed by atoms with Gasteiger partial charge in [0.2, 0.25) is 0 Å². The van der Waals surface area contributed by atoms with Crippen LogP contribution in [0.1, 0.15) is 24.1 Å². The summed E-state index contributed by atoms with van der Waals surface area (Å²) in [5.74, 6) is 0.540. The zero-order valence-electron chi connectivity index (χ0n) is 14.6. The van der Waals surface area contributed by atoms with E-state index in [1.807, 2.05) is 30.3 Å². The van der Waals surface area contributed by atoms with Gasteiger partial charge < -0.3 is 30.9 Å². The molecule has 0 saturated heterocycles. The van der Waals surface area contributed by atoms with Crippen LogP contribution in [0.15, 0.2) is 43.0 Å². The second-order valence-corrected chi connectivity index (χ2v) is 6.80. The highest BCUT2D eigenvalue weighted by molar-refractivity contribution is 5.82. The van der Waals surface area contributed by atoms with Crippen molar-refractivity contribution < 1.29 is 15.3 Å². The van der Waals surface area contributed by atoms with Crippen molar-refractivity contribution in [3.63, 3.8) is 0 Å². The van der Waals surface area contributed by atoms with Crippen molar-refractivity contribution in [2.45, 2.75) is 36.8 Å². The summed E-state index contributed by atoms with van der Waals surface area (Å²) in [7, 11) is 0. The minimum absolute atomic E-state index is 0.208. The molecule has 0 spiro atoms. The number of benzene rings is 1. The van der Waals surface area contributed by atoms with Gasteiger partial charge in [-0.3, -0.25) is 0 Å². The van der Waals surface area contributed by atoms with Crippen molar-refractivity contribution in [1.29, 1.82) is 0 Å². The fourth-order valence-corrected chi connectivity index (χ4v) is 3.51. The van der Waals surface area contributed by atoms with Gasteiger partial charge >= 0.3 is 0 Å². The van der Waals surface area contributed by atoms with Gasteiger partial charge in [-0.15, -0.1) is 0 Å². The van der Waals surface area contributed by atoms with Crippen LogP contribution in [0.2, 0.25) is 0 Å². The maximum Gasteiger partial charge on any atom is 0.165 e. The lowest BCUT2D eigenvalue weighted by molar-refractivity contribution is -0.0244. The molecular formula is C18H22N6O3. The topological polar surface area (TPSA) is 142 Å². The van der Waals surface area contributed by atoms with Crippen LogP contribution in [-0.2, 0) is 0 Å². The highest BCUT2D eigenvalue weighted by Crippen LogP contribution is 2.33. The van der Waals surface area contributed by atoms with E-state index in [9.17, 15) is 15.3 Å². The number of fused-ring (bicyclic) bond motifs is 1. The van der Waals surface area contributed by atoms with Gasteiger partial charge in [0.15, 0.2) is 11.5 Å². The number of anilines is 1. The van der Waals surface area contributed by atoms with Crippen LogP contribution in [0.25, 0.3) is 11.2 Å². The molecule has 9 heteroatoms. The SMILES string of the molecule is NC(CNc1ncnc2c1ncn2[C@@H]1C[C@H](O)[C@@H](O)[C@H]1O)c1ccccc1. The third-order valence-electron chi connectivity index (χ3n) is 5.05. The van der Waals surface area contributed by atoms with Crippen LogP contribution >= 0.6 is 0 Å². The molecule has 142 valence electrons. The van der Waals surface area contributed by atoms with Crippen molar-refractivity contribution in [1.82, 2.24) is 19.5 Å². The Balaban J connectivity index is 1.56. The first-order chi connectivity index (χ1) is 13.1. The average Bonchev–Trinajstić information content (AvgIpc) is 3.23. The Kier molecular flexibility index (Phi) is 4.75. The number of aliphatic hydroxyl groups excluding tert-OH is 3. The highest BCUT2D eigenvalue weighted by atomic mass is 16.4. The van der Waals surface area contributed by atoms with Crippen LogP contribution < -0.4 is 11.1 Å². The first kappa shape index (κ1) is 17.8. The molecule has 1 aliphatic carbocycles. The number of nitrogens with zero attached hydrogens (tertiary/aromatic N) is 4. The summed E-state index contributed by atoms with van der Waals surface area (Å²) in [5.41, 5.74) is 8.29. The predicted molar refractivity (Wildman–Crippen MR) is 98.9 cm³/mol. The summed E-state index contributed by atoms with van der Waals surface area (Å²) in [5, 5.41) is 33.0. The molecule has 1 fully saturated rings. The van der Waals surface area contributed by atoms with E-state index in [1.54, 1.807) is 10.9 Å². The molecule has 4 rings (SSSR count). The molecule has 0 bridgehead atoms. The summed E-state index contributed by atoms with van der Waals surface area (Å²) >= 11 is 0. The normalized spacial score (nSPS) is 26.4. The van der Waals surface area contributed by atoms with Gasteiger partial charge in [-0.1, -0.05) is 30.3 Å². The predicted octanol–water partition coefficient (Wildman–Crippen LogP) is -0.0343. The van der Waals surface area contributed by atoms with E-state index >= 15 is 0 Å². The molecule has 0 radical (unpaired) electrons. The zero-order valence-corrected chi connectivity index (χ0v) is 14.6. The van der Waals surface area contributed by atoms with Crippen LogP contribution in [-0.4, -0.2) is 59.7 Å². The fraction of sp³-hybridized carbons (Fsp3) is 0.389. The number of nitrogens with one attached hydrogen (secondary N) is 1. The lowest BCUT2D eigenvalue weighted by atomic mass is 10.1. The van der Waals surface area contributed by atoms with Crippen molar-refractivity contribution >= 4 is 17.0 Å². The molecule has 5 atom stereocenters. The van der Waals surface area contributed by atoms with E-state index in [1.165, 1.54) is 6.33 Å². The van der Waals surface area contributed by atoms with E-state index in [-0.39, 0.29) is 12.5 Å². The number of hydrogen-bond donors (Lipinski definition) is 5. The minimum atomic E-state index is -1.18. The Morgan fingerprint density at radius 3 is 2.59 bits per heavy atom. The number of imidazole rings is 1. The average molecular weight is 370 g/mol. The molecule has 2 heterocycles. The monoisotopic (exact) mass is 370 g/mol. The van der Waals surface area contributed by atoms with Crippen molar-refractivity contribution in [3.05, 3.63) is 48.5 Å². The van der Waals surface area contributed by atoms with Crippen LogP contribution in [0.3, 0.4) is 0 Å². The highest BCUT2D eigenvalue weighted by Gasteiger charge is 2.42. The second-order valence-electron chi connectivity index (χ2n) is 6.80. The smallest absolute Gasteiger partial charge is 0.165 e. The molecule has 27 heavy (non-hydrogen) atoms. The number of aliphatic hydroxyl groups is 3. The van der Waals surface area contributed by atoms with Gasteiger partial charge in [0.1, 0.15) is 24.1 Å². The quantitative estimate of drug-likeness (QED) is 0.421. The van der Waals surface area contributed by atoms with Gasteiger partial charge in [0.05, 0.1) is 18.5 Å². The van der Waals surface area contributed by atoms with E-state index in [0.29, 0.717) is 23.5 Å². The van der Waals surface area contributed by atoms with Crippen molar-refractivity contribution in [2.75, 3.05) is 11.9 Å². The summed E-state index contributed by atoms with van der Waals surface area (Å²) in [4.78, 5) is 12.9. The third kappa shape index (κ3) is 3.26. The molecular weight excluding hydrogens is 348 g/mol. The van der Waals surface area contributed by atoms with E-state index < -0.39 is 24.4 Å². The second kappa shape index (κ2) is 7.20. The summed E-state index contributed by atoms with van der Waals surface area (Å²) in [6.45, 7) is 0.465. The molecule has 0 aliphatic heterocycles. The molecule has 1 unspecified atom stereocenters. The molecule has 1 aromatic carbocycles. The summed E-state index contributed by atoms with van der Waals surface area (Å²) in [6.07, 6.45) is -0.0815. The number of nitrogens with two attached hydrogens (primary N) is 1. The zero-order chi connectivity index (χ0) is 19.0. The summed E-state index contributed by atoms with van der Waals surface area (Å²) in [6, 6.07) is 9.04. The minimum Gasteiger partial charge on any atom is -0.390 e. The Morgan fingerprint density at radius 2 is 1.89 bits per heavy atom. The molecule has 2 aromatic heterocycles. The fourth-order valence-electron chi connectivity index (χ4n) is 3.51. The van der Waals surface area contributed by atoms with Gasteiger partial charge in [-0.25, -0.2) is 15.0 Å². The molecule has 1 aliphatic rings. The molecule has 0 amide bonds. The van der Waals surface area contributed by atoms with Gasteiger partial charge in [0, 0.05) is 12.6 Å². The van der Waals surface area contributed by atoms with Gasteiger partial charge in [0.25, 0.3) is 0 Å². The molecule has 1 saturated carbocycles. The van der Waals surface area contributed by atoms with Crippen LogP contribution in [0.5, 0.6) is 0 Å². The lowest BCUT2D eigenvalue weighted by Gasteiger charge is -2.18. The van der Waals surface area contributed by atoms with E-state index in [2.05, 4.69) is 20.3 Å². The molecule has 6 N–H and O–H groups in total.